The van der Waals surface area contributed by atoms with Crippen LogP contribution in [0.3, 0.4) is 0 Å². The molecule has 3 heterocycles. The highest BCUT2D eigenvalue weighted by molar-refractivity contribution is 5.90. The Hall–Kier alpha value is -2.59. The summed E-state index contributed by atoms with van der Waals surface area (Å²) in [6.45, 7) is 2.36. The van der Waals surface area contributed by atoms with Crippen LogP contribution in [0.2, 0.25) is 0 Å². The van der Waals surface area contributed by atoms with E-state index in [4.69, 9.17) is 9.47 Å². The van der Waals surface area contributed by atoms with Crippen molar-refractivity contribution in [3.63, 3.8) is 0 Å². The number of halogens is 3. The summed E-state index contributed by atoms with van der Waals surface area (Å²) < 4.78 is 48.9. The molecular weight excluding hydrogens is 415 g/mol. The lowest BCUT2D eigenvalue weighted by atomic mass is 10.1. The number of carbonyl (C=O) groups excluding carboxylic acids is 2. The molecule has 7 nitrogen and oxygen atoms in total. The van der Waals surface area contributed by atoms with Crippen LogP contribution < -0.4 is 5.32 Å². The SMILES string of the molecule is Cc1[nH]c2ccccc2c1CC(=O)NC1CO[C@H]2CN(C(=O)CC(F)(F)F)C[C@@H]2OC1. The predicted molar refractivity (Wildman–Crippen MR) is 105 cm³/mol. The minimum atomic E-state index is -4.54. The maximum Gasteiger partial charge on any atom is 0.397 e. The van der Waals surface area contributed by atoms with E-state index in [2.05, 4.69) is 10.3 Å². The van der Waals surface area contributed by atoms with Crippen LogP contribution in [0.5, 0.6) is 0 Å². The number of aromatic amines is 1. The summed E-state index contributed by atoms with van der Waals surface area (Å²) in [5.74, 6) is -1.15. The summed E-state index contributed by atoms with van der Waals surface area (Å²) in [5.41, 5.74) is 2.84. The first-order valence-electron chi connectivity index (χ1n) is 10.1. The van der Waals surface area contributed by atoms with Crippen LogP contribution in [0, 0.1) is 6.92 Å². The van der Waals surface area contributed by atoms with Crippen molar-refractivity contribution in [2.45, 2.75) is 44.2 Å². The molecule has 4 rings (SSSR count). The number of nitrogens with zero attached hydrogens (tertiary/aromatic N) is 1. The van der Waals surface area contributed by atoms with Crippen molar-refractivity contribution >= 4 is 22.7 Å². The summed E-state index contributed by atoms with van der Waals surface area (Å²) >= 11 is 0. The summed E-state index contributed by atoms with van der Waals surface area (Å²) in [4.78, 5) is 28.8. The minimum Gasteiger partial charge on any atom is -0.371 e. The Kier molecular flexibility index (Phi) is 5.94. The van der Waals surface area contributed by atoms with Crippen molar-refractivity contribution in [3.8, 4) is 0 Å². The van der Waals surface area contributed by atoms with E-state index in [0.29, 0.717) is 0 Å². The van der Waals surface area contributed by atoms with Gasteiger partial charge in [-0.2, -0.15) is 13.2 Å². The van der Waals surface area contributed by atoms with Gasteiger partial charge in [-0.1, -0.05) is 18.2 Å². The fourth-order valence-corrected chi connectivity index (χ4v) is 4.16. The summed E-state index contributed by atoms with van der Waals surface area (Å²) in [5, 5.41) is 3.91. The third-order valence-corrected chi connectivity index (χ3v) is 5.67. The molecule has 2 atom stereocenters. The molecule has 2 saturated heterocycles. The number of amides is 2. The Bertz CT molecular complexity index is 958. The highest BCUT2D eigenvalue weighted by Crippen LogP contribution is 2.26. The molecule has 2 aromatic rings. The van der Waals surface area contributed by atoms with Crippen LogP contribution in [0.1, 0.15) is 17.7 Å². The Morgan fingerprint density at radius 1 is 1.16 bits per heavy atom. The molecule has 2 amide bonds. The van der Waals surface area contributed by atoms with Gasteiger partial charge in [-0.25, -0.2) is 0 Å². The second-order valence-corrected chi connectivity index (χ2v) is 8.05. The number of hydrogen-bond donors (Lipinski definition) is 2. The third-order valence-electron chi connectivity index (χ3n) is 5.67. The van der Waals surface area contributed by atoms with Crippen LogP contribution >= 0.6 is 0 Å². The Morgan fingerprint density at radius 3 is 2.45 bits per heavy atom. The molecule has 1 aromatic heterocycles. The number of ether oxygens (including phenoxy) is 2. The molecule has 0 bridgehead atoms. The number of para-hydroxylation sites is 1. The van der Waals surface area contributed by atoms with Crippen LogP contribution in [-0.2, 0) is 25.5 Å². The van der Waals surface area contributed by atoms with Crippen molar-refractivity contribution in [1.29, 1.82) is 0 Å². The topological polar surface area (TPSA) is 83.7 Å². The van der Waals surface area contributed by atoms with Gasteiger partial charge in [-0.05, 0) is 18.6 Å². The Labute approximate surface area is 176 Å². The third kappa shape index (κ3) is 5.01. The van der Waals surface area contributed by atoms with E-state index in [0.717, 1.165) is 27.1 Å². The number of alkyl halides is 3. The van der Waals surface area contributed by atoms with Gasteiger partial charge >= 0.3 is 6.18 Å². The lowest BCUT2D eigenvalue weighted by Gasteiger charge is -2.20. The van der Waals surface area contributed by atoms with Gasteiger partial charge in [0.15, 0.2) is 0 Å². The normalized spacial score (nSPS) is 22.4. The van der Waals surface area contributed by atoms with E-state index in [-0.39, 0.29) is 44.7 Å². The van der Waals surface area contributed by atoms with E-state index in [1.54, 1.807) is 0 Å². The fourth-order valence-electron chi connectivity index (χ4n) is 4.16. The molecule has 2 fully saturated rings. The van der Waals surface area contributed by atoms with Crippen molar-refractivity contribution in [3.05, 3.63) is 35.5 Å². The van der Waals surface area contributed by atoms with Gasteiger partial charge in [0.1, 0.15) is 18.6 Å². The number of benzene rings is 1. The zero-order valence-corrected chi connectivity index (χ0v) is 17.0. The van der Waals surface area contributed by atoms with Gasteiger partial charge < -0.3 is 24.7 Å². The number of carbonyl (C=O) groups is 2. The summed E-state index contributed by atoms with van der Waals surface area (Å²) in [6.07, 6.45) is -6.83. The van der Waals surface area contributed by atoms with Crippen molar-refractivity contribution in [1.82, 2.24) is 15.2 Å². The predicted octanol–water partition coefficient (Wildman–Crippen LogP) is 2.08. The number of aromatic nitrogens is 1. The smallest absolute Gasteiger partial charge is 0.371 e. The average molecular weight is 439 g/mol. The number of rotatable bonds is 4. The molecule has 2 aliphatic rings. The van der Waals surface area contributed by atoms with E-state index in [1.807, 2.05) is 31.2 Å². The van der Waals surface area contributed by atoms with E-state index in [9.17, 15) is 22.8 Å². The van der Waals surface area contributed by atoms with Gasteiger partial charge in [0.25, 0.3) is 0 Å². The summed E-state index contributed by atoms with van der Waals surface area (Å²) in [7, 11) is 0. The first-order chi connectivity index (χ1) is 14.7. The van der Waals surface area contributed by atoms with Crippen LogP contribution in [0.15, 0.2) is 24.3 Å². The second-order valence-electron chi connectivity index (χ2n) is 8.05. The van der Waals surface area contributed by atoms with E-state index < -0.39 is 30.7 Å². The van der Waals surface area contributed by atoms with Gasteiger partial charge in [-0.15, -0.1) is 0 Å². The van der Waals surface area contributed by atoms with Crippen LogP contribution in [0.4, 0.5) is 13.2 Å². The van der Waals surface area contributed by atoms with E-state index >= 15 is 0 Å². The molecule has 0 saturated carbocycles. The molecule has 168 valence electrons. The molecular formula is C21H24F3N3O4. The van der Waals surface area contributed by atoms with Crippen LogP contribution in [-0.4, -0.2) is 72.4 Å². The molecule has 0 aliphatic carbocycles. The largest absolute Gasteiger partial charge is 0.397 e. The lowest BCUT2D eigenvalue weighted by Crippen LogP contribution is -2.42. The van der Waals surface area contributed by atoms with Crippen molar-refractivity contribution in [2.24, 2.45) is 0 Å². The Balaban J connectivity index is 1.30. The monoisotopic (exact) mass is 439 g/mol. The number of aryl methyl sites for hydroxylation is 1. The first-order valence-corrected chi connectivity index (χ1v) is 10.1. The van der Waals surface area contributed by atoms with Crippen molar-refractivity contribution < 1.29 is 32.2 Å². The molecule has 31 heavy (non-hydrogen) atoms. The lowest BCUT2D eigenvalue weighted by molar-refractivity contribution is -0.161. The summed E-state index contributed by atoms with van der Waals surface area (Å²) in [6, 6.07) is 7.40. The highest BCUT2D eigenvalue weighted by atomic mass is 19.4. The number of fused-ring (bicyclic) bond motifs is 2. The molecule has 0 spiro atoms. The van der Waals surface area contributed by atoms with E-state index in [1.165, 1.54) is 0 Å². The van der Waals surface area contributed by atoms with Crippen LogP contribution in [0.25, 0.3) is 10.9 Å². The minimum absolute atomic E-state index is 0.0504. The maximum absolute atomic E-state index is 12.6. The van der Waals surface area contributed by atoms with Gasteiger partial charge in [0, 0.05) is 29.7 Å². The number of hydrogen-bond acceptors (Lipinski definition) is 4. The molecule has 2 N–H and O–H groups in total. The van der Waals surface area contributed by atoms with Gasteiger partial charge in [0.05, 0.1) is 25.7 Å². The quantitative estimate of drug-likeness (QED) is 0.764. The highest BCUT2D eigenvalue weighted by Gasteiger charge is 2.42. The molecule has 1 aromatic carbocycles. The molecule has 0 unspecified atom stereocenters. The first kappa shape index (κ1) is 21.6. The number of likely N-dealkylation sites (tertiary alicyclic amines) is 1. The Morgan fingerprint density at radius 2 is 1.81 bits per heavy atom. The zero-order valence-electron chi connectivity index (χ0n) is 17.0. The second kappa shape index (κ2) is 8.51. The maximum atomic E-state index is 12.6. The van der Waals surface area contributed by atoms with Gasteiger partial charge in [-0.3, -0.25) is 9.59 Å². The van der Waals surface area contributed by atoms with Gasteiger partial charge in [0.2, 0.25) is 11.8 Å². The molecule has 0 radical (unpaired) electrons. The van der Waals surface area contributed by atoms with Crippen molar-refractivity contribution in [2.75, 3.05) is 26.3 Å². The molecule has 2 aliphatic heterocycles. The zero-order chi connectivity index (χ0) is 22.2. The average Bonchev–Trinajstić information content (AvgIpc) is 3.18. The number of nitrogens with one attached hydrogen (secondary N) is 2. The standard InChI is InChI=1S/C21H24F3N3O4/c1-12-15(14-4-2-3-5-16(14)25-12)6-19(28)26-13-10-30-17-8-27(9-18(17)31-11-13)20(29)7-21(22,23)24/h2-5,13,17-18,25H,6-11H2,1H3,(H,26,28)/t17-,18-/m0/s1. The number of H-pyrrole nitrogens is 1. The fraction of sp³-hybridized carbons (Fsp3) is 0.524. The molecule has 10 heteroatoms.